The van der Waals surface area contributed by atoms with Gasteiger partial charge in [-0.25, -0.2) is 0 Å². The van der Waals surface area contributed by atoms with Gasteiger partial charge in [-0.2, -0.15) is 0 Å². The zero-order valence-electron chi connectivity index (χ0n) is 14.7. The molecule has 0 N–H and O–H groups in total. The van der Waals surface area contributed by atoms with Crippen LogP contribution in [0.3, 0.4) is 0 Å². The van der Waals surface area contributed by atoms with E-state index in [9.17, 15) is 4.79 Å². The van der Waals surface area contributed by atoms with Crippen LogP contribution in [0.1, 0.15) is 23.4 Å². The molecule has 1 atom stereocenters. The summed E-state index contributed by atoms with van der Waals surface area (Å²) in [5.41, 5.74) is 3.37. The van der Waals surface area contributed by atoms with Gasteiger partial charge < -0.3 is 9.64 Å². The number of hydrogen-bond donors (Lipinski definition) is 0. The van der Waals surface area contributed by atoms with Crippen LogP contribution in [0.2, 0.25) is 0 Å². The molecule has 2 aromatic carbocycles. The maximum Gasteiger partial charge on any atom is 0.261 e. The Kier molecular flexibility index (Phi) is 4.76. The van der Waals surface area contributed by atoms with Gasteiger partial charge in [0.05, 0.1) is 6.04 Å². The minimum absolute atomic E-state index is 0.0391. The van der Waals surface area contributed by atoms with Crippen molar-refractivity contribution in [2.24, 2.45) is 0 Å². The summed E-state index contributed by atoms with van der Waals surface area (Å²) in [5.74, 6) is 0.783. The molecule has 1 aliphatic heterocycles. The van der Waals surface area contributed by atoms with E-state index in [0.717, 1.165) is 29.8 Å². The second kappa shape index (κ2) is 7.34. The van der Waals surface area contributed by atoms with Crippen LogP contribution < -0.4 is 4.74 Å². The van der Waals surface area contributed by atoms with Crippen molar-refractivity contribution in [3.05, 3.63) is 76.5 Å². The quantitative estimate of drug-likeness (QED) is 0.657. The Hall–Kier alpha value is -2.59. The Morgan fingerprint density at radius 3 is 2.73 bits per heavy atom. The van der Waals surface area contributed by atoms with Gasteiger partial charge in [0.15, 0.2) is 6.61 Å². The largest absolute Gasteiger partial charge is 0.483 e. The average molecular weight is 363 g/mol. The third-order valence-electron chi connectivity index (χ3n) is 4.92. The number of amides is 1. The van der Waals surface area contributed by atoms with Crippen LogP contribution in [0.25, 0.3) is 11.1 Å². The van der Waals surface area contributed by atoms with Crippen LogP contribution in [0.4, 0.5) is 0 Å². The lowest BCUT2D eigenvalue weighted by molar-refractivity contribution is -0.135. The van der Waals surface area contributed by atoms with Gasteiger partial charge in [0.1, 0.15) is 5.75 Å². The van der Waals surface area contributed by atoms with Crippen LogP contribution in [-0.4, -0.2) is 24.0 Å². The van der Waals surface area contributed by atoms with E-state index in [2.05, 4.69) is 30.5 Å². The second-order valence-electron chi connectivity index (χ2n) is 6.46. The number of ether oxygens (including phenoxy) is 1. The first kappa shape index (κ1) is 16.9. The molecule has 0 fully saturated rings. The molecule has 4 heteroatoms. The van der Waals surface area contributed by atoms with E-state index >= 15 is 0 Å². The predicted octanol–water partition coefficient (Wildman–Crippen LogP) is 4.94. The summed E-state index contributed by atoms with van der Waals surface area (Å²) < 4.78 is 5.94. The maximum atomic E-state index is 12.8. The molecule has 4 rings (SSSR count). The summed E-state index contributed by atoms with van der Waals surface area (Å²) in [5, 5.41) is 2.11. The second-order valence-corrected chi connectivity index (χ2v) is 7.46. The van der Waals surface area contributed by atoms with Crippen molar-refractivity contribution >= 4 is 17.2 Å². The highest BCUT2D eigenvalue weighted by Crippen LogP contribution is 2.33. The van der Waals surface area contributed by atoms with Gasteiger partial charge in [0.2, 0.25) is 0 Å². The maximum absolute atomic E-state index is 12.8. The molecule has 3 aromatic rings. The number of nitrogens with zero attached hydrogens (tertiary/aromatic N) is 1. The van der Waals surface area contributed by atoms with Gasteiger partial charge in [-0.15, -0.1) is 11.3 Å². The predicted molar refractivity (Wildman–Crippen MR) is 106 cm³/mol. The van der Waals surface area contributed by atoms with Crippen molar-refractivity contribution < 1.29 is 9.53 Å². The molecule has 1 aliphatic rings. The zero-order valence-corrected chi connectivity index (χ0v) is 15.5. The van der Waals surface area contributed by atoms with E-state index in [0.29, 0.717) is 0 Å². The van der Waals surface area contributed by atoms with Crippen molar-refractivity contribution in [3.63, 3.8) is 0 Å². The van der Waals surface area contributed by atoms with E-state index in [1.807, 2.05) is 47.4 Å². The Balaban J connectivity index is 1.48. The number of hydrogen-bond acceptors (Lipinski definition) is 3. The fourth-order valence-corrected chi connectivity index (χ4v) is 4.48. The Morgan fingerprint density at radius 2 is 1.88 bits per heavy atom. The van der Waals surface area contributed by atoms with E-state index in [4.69, 9.17) is 4.74 Å². The first-order valence-corrected chi connectivity index (χ1v) is 9.75. The summed E-state index contributed by atoms with van der Waals surface area (Å²) in [7, 11) is 0. The third kappa shape index (κ3) is 3.25. The molecule has 26 heavy (non-hydrogen) atoms. The van der Waals surface area contributed by atoms with Crippen LogP contribution >= 0.6 is 11.3 Å². The molecule has 1 unspecified atom stereocenters. The number of fused-ring (bicyclic) bond motifs is 1. The van der Waals surface area contributed by atoms with Gasteiger partial charge in [-0.3, -0.25) is 4.79 Å². The van der Waals surface area contributed by atoms with E-state index in [1.54, 1.807) is 11.3 Å². The average Bonchev–Trinajstić information content (AvgIpc) is 3.17. The molecule has 1 aromatic heterocycles. The Labute approximate surface area is 157 Å². The lowest BCUT2D eigenvalue weighted by Gasteiger charge is -2.33. The topological polar surface area (TPSA) is 29.5 Å². The molecule has 0 bridgehead atoms. The molecule has 0 aliphatic carbocycles. The molecule has 3 nitrogen and oxygen atoms in total. The summed E-state index contributed by atoms with van der Waals surface area (Å²) in [4.78, 5) is 16.1. The number of thiophene rings is 1. The van der Waals surface area contributed by atoms with Crippen LogP contribution in [0.5, 0.6) is 5.75 Å². The van der Waals surface area contributed by atoms with Crippen LogP contribution in [0.15, 0.2) is 66.0 Å². The zero-order chi connectivity index (χ0) is 17.9. The van der Waals surface area contributed by atoms with E-state index in [-0.39, 0.29) is 18.6 Å². The molecule has 0 saturated heterocycles. The Bertz CT molecular complexity index is 903. The van der Waals surface area contributed by atoms with Crippen molar-refractivity contribution in [3.8, 4) is 16.9 Å². The van der Waals surface area contributed by atoms with Gasteiger partial charge in [0, 0.05) is 17.0 Å². The molecule has 132 valence electrons. The number of para-hydroxylation sites is 1. The third-order valence-corrected chi connectivity index (χ3v) is 5.92. The van der Waals surface area contributed by atoms with Crippen LogP contribution in [-0.2, 0) is 11.2 Å². The molecular weight excluding hydrogens is 342 g/mol. The lowest BCUT2D eigenvalue weighted by atomic mass is 10.0. The number of carbonyl (C=O) groups excluding carboxylic acids is 1. The summed E-state index contributed by atoms with van der Waals surface area (Å²) in [6.45, 7) is 2.92. The summed E-state index contributed by atoms with van der Waals surface area (Å²) >= 11 is 1.78. The van der Waals surface area contributed by atoms with Crippen molar-refractivity contribution in [2.45, 2.75) is 19.4 Å². The van der Waals surface area contributed by atoms with E-state index < -0.39 is 0 Å². The van der Waals surface area contributed by atoms with Gasteiger partial charge in [-0.05, 0) is 42.0 Å². The highest BCUT2D eigenvalue weighted by molar-refractivity contribution is 7.10. The van der Waals surface area contributed by atoms with Gasteiger partial charge in [0.25, 0.3) is 5.91 Å². The fraction of sp³-hybridized carbons (Fsp3) is 0.227. The first-order valence-electron chi connectivity index (χ1n) is 8.87. The molecule has 1 amide bonds. The normalized spacial score (nSPS) is 16.2. The fourth-order valence-electron chi connectivity index (χ4n) is 3.52. The molecular formula is C22H21NO2S. The standard InChI is InChI=1S/C22H21NO2S/c1-16-18-12-14-26-21(18)11-13-23(16)22(24)15-25-20-10-6-5-9-19(20)17-7-3-2-4-8-17/h2-10,12,14,16H,11,13,15H2,1H3. The number of carbonyl (C=O) groups is 1. The highest BCUT2D eigenvalue weighted by Gasteiger charge is 2.28. The molecule has 0 spiro atoms. The number of benzene rings is 2. The SMILES string of the molecule is CC1c2ccsc2CCN1C(=O)COc1ccccc1-c1ccccc1. The van der Waals surface area contributed by atoms with Gasteiger partial charge >= 0.3 is 0 Å². The molecule has 0 saturated carbocycles. The minimum Gasteiger partial charge on any atom is -0.483 e. The summed E-state index contributed by atoms with van der Waals surface area (Å²) in [6, 6.07) is 20.2. The molecule has 2 heterocycles. The highest BCUT2D eigenvalue weighted by atomic mass is 32.1. The van der Waals surface area contributed by atoms with E-state index in [1.165, 1.54) is 10.4 Å². The van der Waals surface area contributed by atoms with Crippen molar-refractivity contribution in [2.75, 3.05) is 13.2 Å². The van der Waals surface area contributed by atoms with Crippen molar-refractivity contribution in [1.82, 2.24) is 4.90 Å². The summed E-state index contributed by atoms with van der Waals surface area (Å²) in [6.07, 6.45) is 0.934. The van der Waals surface area contributed by atoms with Crippen LogP contribution in [0, 0.1) is 0 Å². The monoisotopic (exact) mass is 363 g/mol. The van der Waals surface area contributed by atoms with Gasteiger partial charge in [-0.1, -0.05) is 48.5 Å². The Morgan fingerprint density at radius 1 is 1.12 bits per heavy atom. The minimum atomic E-state index is 0.0391. The number of rotatable bonds is 4. The first-order chi connectivity index (χ1) is 12.7. The lowest BCUT2D eigenvalue weighted by Crippen LogP contribution is -2.40. The van der Waals surface area contributed by atoms with Crippen molar-refractivity contribution in [1.29, 1.82) is 0 Å². The molecule has 0 radical (unpaired) electrons. The smallest absolute Gasteiger partial charge is 0.261 e.